The van der Waals surface area contributed by atoms with Crippen molar-refractivity contribution in [2.45, 2.75) is 38.2 Å². The number of ether oxygens (including phenoxy) is 1. The van der Waals surface area contributed by atoms with E-state index in [2.05, 4.69) is 5.43 Å². The minimum Gasteiger partial charge on any atom is -0.377 e. The minimum atomic E-state index is -0.0703. The zero-order valence-electron chi connectivity index (χ0n) is 9.04. The summed E-state index contributed by atoms with van der Waals surface area (Å²) in [5.74, 6) is 7.11. The molecule has 1 saturated heterocycles. The topological polar surface area (TPSA) is 64.3 Å². The van der Waals surface area contributed by atoms with Gasteiger partial charge in [0.05, 0.1) is 6.10 Å². The van der Waals surface area contributed by atoms with Crippen LogP contribution >= 0.6 is 11.8 Å². The van der Waals surface area contributed by atoms with E-state index in [1.165, 1.54) is 12.8 Å². The fourth-order valence-corrected chi connectivity index (χ4v) is 2.65. The number of nitrogens with two attached hydrogens (primary N) is 1. The molecule has 15 heavy (non-hydrogen) atoms. The number of unbranched alkanes of at least 4 members (excludes halogenated alkanes) is 1. The van der Waals surface area contributed by atoms with E-state index >= 15 is 0 Å². The van der Waals surface area contributed by atoms with E-state index in [4.69, 9.17) is 10.6 Å². The molecule has 1 unspecified atom stereocenters. The van der Waals surface area contributed by atoms with E-state index < -0.39 is 0 Å². The first kappa shape index (κ1) is 12.8. The molecule has 1 heterocycles. The highest BCUT2D eigenvalue weighted by atomic mass is 32.2. The third-order valence-corrected chi connectivity index (χ3v) is 3.62. The molecule has 1 aliphatic heterocycles. The van der Waals surface area contributed by atoms with Crippen molar-refractivity contribution in [2.75, 3.05) is 18.1 Å². The Morgan fingerprint density at radius 1 is 1.53 bits per heavy atom. The van der Waals surface area contributed by atoms with Crippen LogP contribution in [0.15, 0.2) is 0 Å². The van der Waals surface area contributed by atoms with Crippen LogP contribution in [0.1, 0.15) is 32.1 Å². The van der Waals surface area contributed by atoms with E-state index in [9.17, 15) is 4.79 Å². The average molecular weight is 232 g/mol. The van der Waals surface area contributed by atoms with E-state index in [1.54, 1.807) is 0 Å². The number of hydrogen-bond donors (Lipinski definition) is 2. The fraction of sp³-hybridized carbons (Fsp3) is 0.900. The quantitative estimate of drug-likeness (QED) is 0.298. The van der Waals surface area contributed by atoms with Crippen molar-refractivity contribution in [2.24, 2.45) is 5.84 Å². The van der Waals surface area contributed by atoms with Gasteiger partial charge >= 0.3 is 0 Å². The molecular weight excluding hydrogens is 212 g/mol. The molecule has 1 fully saturated rings. The number of carbonyl (C=O) groups excluding carboxylic acids is 1. The second kappa shape index (κ2) is 7.96. The highest BCUT2D eigenvalue weighted by Crippen LogP contribution is 2.17. The van der Waals surface area contributed by atoms with Crippen LogP contribution in [0.2, 0.25) is 0 Å². The van der Waals surface area contributed by atoms with Crippen LogP contribution in [0, 0.1) is 0 Å². The van der Waals surface area contributed by atoms with Gasteiger partial charge in [-0.05, 0) is 31.4 Å². The number of amides is 1. The maximum Gasteiger partial charge on any atom is 0.233 e. The van der Waals surface area contributed by atoms with Crippen LogP contribution < -0.4 is 11.3 Å². The standard InChI is InChI=1S/C10H20N2O2S/c11-12-10(13)5-1-2-7-15-8-9-4-3-6-14-9/h9H,1-8,11H2,(H,12,13). The van der Waals surface area contributed by atoms with Gasteiger partial charge < -0.3 is 4.74 Å². The van der Waals surface area contributed by atoms with Crippen molar-refractivity contribution < 1.29 is 9.53 Å². The Bertz CT molecular complexity index is 184. The van der Waals surface area contributed by atoms with E-state index in [0.717, 1.165) is 31.0 Å². The first-order valence-corrected chi connectivity index (χ1v) is 6.67. The number of rotatable bonds is 7. The van der Waals surface area contributed by atoms with Crippen molar-refractivity contribution in [1.82, 2.24) is 5.43 Å². The van der Waals surface area contributed by atoms with Crippen LogP contribution in [0.3, 0.4) is 0 Å². The highest BCUT2D eigenvalue weighted by molar-refractivity contribution is 7.99. The van der Waals surface area contributed by atoms with Crippen molar-refractivity contribution in [3.05, 3.63) is 0 Å². The highest BCUT2D eigenvalue weighted by Gasteiger charge is 2.14. The molecule has 0 radical (unpaired) electrons. The van der Waals surface area contributed by atoms with E-state index in [-0.39, 0.29) is 5.91 Å². The van der Waals surface area contributed by atoms with Gasteiger partial charge in [-0.25, -0.2) is 5.84 Å². The van der Waals surface area contributed by atoms with Crippen LogP contribution in [-0.4, -0.2) is 30.1 Å². The Balaban J connectivity index is 1.82. The summed E-state index contributed by atoms with van der Waals surface area (Å²) >= 11 is 1.92. The second-order valence-corrected chi connectivity index (χ2v) is 4.88. The first-order chi connectivity index (χ1) is 7.33. The Hall–Kier alpha value is -0.260. The molecule has 1 amide bonds. The summed E-state index contributed by atoms with van der Waals surface area (Å²) in [5, 5.41) is 0. The lowest BCUT2D eigenvalue weighted by molar-refractivity contribution is -0.121. The van der Waals surface area contributed by atoms with Gasteiger partial charge in [-0.3, -0.25) is 10.2 Å². The van der Waals surface area contributed by atoms with Gasteiger partial charge in [0, 0.05) is 18.8 Å². The second-order valence-electron chi connectivity index (χ2n) is 3.73. The van der Waals surface area contributed by atoms with Crippen LogP contribution in [0.4, 0.5) is 0 Å². The largest absolute Gasteiger partial charge is 0.377 e. The van der Waals surface area contributed by atoms with Crippen LogP contribution in [-0.2, 0) is 9.53 Å². The lowest BCUT2D eigenvalue weighted by Gasteiger charge is -2.08. The number of carbonyl (C=O) groups is 1. The summed E-state index contributed by atoms with van der Waals surface area (Å²) in [7, 11) is 0. The van der Waals surface area contributed by atoms with Gasteiger partial charge in [-0.15, -0.1) is 0 Å². The van der Waals surface area contributed by atoms with Crippen molar-refractivity contribution in [3.63, 3.8) is 0 Å². The fourth-order valence-electron chi connectivity index (χ4n) is 1.55. The normalized spacial score (nSPS) is 20.5. The SMILES string of the molecule is NNC(=O)CCCCSCC1CCCO1. The average Bonchev–Trinajstić information content (AvgIpc) is 2.75. The van der Waals surface area contributed by atoms with Gasteiger partial charge in [-0.2, -0.15) is 11.8 Å². The molecule has 0 aromatic carbocycles. The zero-order chi connectivity index (χ0) is 10.9. The first-order valence-electron chi connectivity index (χ1n) is 5.51. The van der Waals surface area contributed by atoms with Gasteiger partial charge in [0.25, 0.3) is 0 Å². The third kappa shape index (κ3) is 6.02. The number of hydrogen-bond acceptors (Lipinski definition) is 4. The molecule has 88 valence electrons. The molecule has 0 saturated carbocycles. The van der Waals surface area contributed by atoms with Gasteiger partial charge in [0.1, 0.15) is 0 Å². The molecule has 0 bridgehead atoms. The van der Waals surface area contributed by atoms with E-state index in [1.807, 2.05) is 11.8 Å². The summed E-state index contributed by atoms with van der Waals surface area (Å²) in [6.45, 7) is 0.932. The number of nitrogens with one attached hydrogen (secondary N) is 1. The van der Waals surface area contributed by atoms with Gasteiger partial charge in [-0.1, -0.05) is 0 Å². The maximum atomic E-state index is 10.8. The van der Waals surface area contributed by atoms with Crippen LogP contribution in [0.25, 0.3) is 0 Å². The molecule has 0 aliphatic carbocycles. The molecule has 1 aliphatic rings. The Kier molecular flexibility index (Phi) is 6.80. The number of thioether (sulfide) groups is 1. The molecule has 4 nitrogen and oxygen atoms in total. The minimum absolute atomic E-state index is 0.0703. The van der Waals surface area contributed by atoms with Crippen molar-refractivity contribution in [3.8, 4) is 0 Å². The van der Waals surface area contributed by atoms with Crippen LogP contribution in [0.5, 0.6) is 0 Å². The van der Waals surface area contributed by atoms with Gasteiger partial charge in [0.15, 0.2) is 0 Å². The smallest absolute Gasteiger partial charge is 0.233 e. The Morgan fingerprint density at radius 3 is 3.07 bits per heavy atom. The summed E-state index contributed by atoms with van der Waals surface area (Å²) in [5.41, 5.74) is 2.13. The van der Waals surface area contributed by atoms with Crippen molar-refractivity contribution >= 4 is 17.7 Å². The third-order valence-electron chi connectivity index (χ3n) is 2.43. The maximum absolute atomic E-state index is 10.8. The Morgan fingerprint density at radius 2 is 2.40 bits per heavy atom. The summed E-state index contributed by atoms with van der Waals surface area (Å²) in [6, 6.07) is 0. The zero-order valence-corrected chi connectivity index (χ0v) is 9.85. The molecule has 0 spiro atoms. The summed E-state index contributed by atoms with van der Waals surface area (Å²) < 4.78 is 5.51. The monoisotopic (exact) mass is 232 g/mol. The lowest BCUT2D eigenvalue weighted by Crippen LogP contribution is -2.29. The predicted molar refractivity (Wildman–Crippen MR) is 62.5 cm³/mol. The predicted octanol–water partition coefficient (Wildman–Crippen LogP) is 1.06. The lowest BCUT2D eigenvalue weighted by atomic mass is 10.2. The molecule has 0 aromatic rings. The van der Waals surface area contributed by atoms with Crippen molar-refractivity contribution in [1.29, 1.82) is 0 Å². The molecule has 0 aromatic heterocycles. The molecule has 1 atom stereocenters. The van der Waals surface area contributed by atoms with E-state index in [0.29, 0.717) is 12.5 Å². The summed E-state index contributed by atoms with van der Waals surface area (Å²) in [6.07, 6.45) is 5.43. The van der Waals surface area contributed by atoms with Gasteiger partial charge in [0.2, 0.25) is 5.91 Å². The Labute approximate surface area is 95.3 Å². The molecule has 1 rings (SSSR count). The summed E-state index contributed by atoms with van der Waals surface area (Å²) in [4.78, 5) is 10.8. The molecule has 3 N–H and O–H groups in total. The number of hydrazine groups is 1. The molecule has 5 heteroatoms. The molecular formula is C10H20N2O2S.